The number of amides is 1. The number of nitrogens with zero attached hydrogens (tertiary/aromatic N) is 1. The number of sulfone groups is 1. The van der Waals surface area contributed by atoms with Crippen molar-refractivity contribution in [1.82, 2.24) is 0 Å². The summed E-state index contributed by atoms with van der Waals surface area (Å²) in [6.07, 6.45) is 0.0334. The standard InChI is InChI=1S/C35H32F2N2O5S/c1-35(2)19-28-34(45(42,43)21-35)33(26-16-15-25(18-27(26)37)44-20-23-7-4-3-5-8-23)39(29-9-6-10-30(40)32(29)38-28)31(41)17-22-11-13-24(36)14-12-22/h3-16,18,33,38,40H,17,19-21H2,1-2H3. The molecule has 0 aliphatic carbocycles. The predicted molar refractivity (Wildman–Crippen MR) is 168 cm³/mol. The summed E-state index contributed by atoms with van der Waals surface area (Å²) in [5.41, 5.74) is 1.22. The molecule has 0 aromatic heterocycles. The Morgan fingerprint density at radius 2 is 1.71 bits per heavy atom. The predicted octanol–water partition coefficient (Wildman–Crippen LogP) is 7.05. The maximum Gasteiger partial charge on any atom is 0.232 e. The number of anilines is 2. The number of aromatic hydroxyl groups is 1. The van der Waals surface area contributed by atoms with Gasteiger partial charge in [-0.15, -0.1) is 0 Å². The Balaban J connectivity index is 1.52. The second kappa shape index (κ2) is 11.7. The number of allylic oxidation sites excluding steroid dienone is 1. The van der Waals surface area contributed by atoms with E-state index in [1.54, 1.807) is 12.1 Å². The monoisotopic (exact) mass is 630 g/mol. The number of para-hydroxylation sites is 1. The number of carbonyl (C=O) groups is 1. The van der Waals surface area contributed by atoms with Crippen LogP contribution in [-0.4, -0.2) is 25.2 Å². The Morgan fingerprint density at radius 1 is 0.978 bits per heavy atom. The summed E-state index contributed by atoms with van der Waals surface area (Å²) in [4.78, 5) is 15.4. The number of hydrogen-bond donors (Lipinski definition) is 2. The van der Waals surface area contributed by atoms with E-state index in [0.717, 1.165) is 5.56 Å². The first-order valence-corrected chi connectivity index (χ1v) is 16.1. The molecule has 4 aromatic carbocycles. The number of benzene rings is 4. The summed E-state index contributed by atoms with van der Waals surface area (Å²) in [6, 6.07) is 22.0. The molecule has 7 nitrogen and oxygen atoms in total. The van der Waals surface area contributed by atoms with Crippen molar-refractivity contribution >= 4 is 27.1 Å². The van der Waals surface area contributed by atoms with E-state index in [1.807, 2.05) is 44.2 Å². The lowest BCUT2D eigenvalue weighted by atomic mass is 9.88. The quantitative estimate of drug-likeness (QED) is 0.222. The molecule has 0 saturated heterocycles. The van der Waals surface area contributed by atoms with Crippen LogP contribution in [0.5, 0.6) is 11.5 Å². The Bertz CT molecular complexity index is 1910. The van der Waals surface area contributed by atoms with Gasteiger partial charge in [0, 0.05) is 17.3 Å². The molecular weight excluding hydrogens is 598 g/mol. The van der Waals surface area contributed by atoms with E-state index in [1.165, 1.54) is 53.4 Å². The highest BCUT2D eigenvalue weighted by atomic mass is 32.2. The Kier molecular flexibility index (Phi) is 7.86. The van der Waals surface area contributed by atoms with Gasteiger partial charge < -0.3 is 15.2 Å². The van der Waals surface area contributed by atoms with E-state index < -0.39 is 38.8 Å². The van der Waals surface area contributed by atoms with Gasteiger partial charge in [-0.2, -0.15) is 0 Å². The van der Waals surface area contributed by atoms with Crippen molar-refractivity contribution in [2.75, 3.05) is 16.0 Å². The lowest BCUT2D eigenvalue weighted by Crippen LogP contribution is -2.42. The summed E-state index contributed by atoms with van der Waals surface area (Å²) >= 11 is 0. The van der Waals surface area contributed by atoms with Crippen LogP contribution >= 0.6 is 0 Å². The number of phenols is 1. The molecule has 1 atom stereocenters. The molecule has 6 rings (SSSR count). The van der Waals surface area contributed by atoms with E-state index >= 15 is 4.39 Å². The average molecular weight is 631 g/mol. The number of carbonyl (C=O) groups excluding carboxylic acids is 1. The zero-order valence-corrected chi connectivity index (χ0v) is 25.6. The summed E-state index contributed by atoms with van der Waals surface area (Å²) in [5, 5.41) is 14.1. The maximum absolute atomic E-state index is 16.3. The van der Waals surface area contributed by atoms with Gasteiger partial charge in [0.05, 0.1) is 22.8 Å². The Morgan fingerprint density at radius 3 is 2.42 bits per heavy atom. The maximum atomic E-state index is 16.3. The second-order valence-corrected chi connectivity index (χ2v) is 14.1. The summed E-state index contributed by atoms with van der Waals surface area (Å²) in [5.74, 6) is -2.00. The second-order valence-electron chi connectivity index (χ2n) is 12.2. The number of halogens is 2. The molecule has 2 heterocycles. The molecule has 0 radical (unpaired) electrons. The molecule has 1 unspecified atom stereocenters. The van der Waals surface area contributed by atoms with Gasteiger partial charge in [0.1, 0.15) is 41.5 Å². The molecule has 232 valence electrons. The first kappa shape index (κ1) is 30.3. The summed E-state index contributed by atoms with van der Waals surface area (Å²) in [7, 11) is -4.07. The Labute approximate surface area is 260 Å². The summed E-state index contributed by atoms with van der Waals surface area (Å²) < 4.78 is 64.0. The van der Waals surface area contributed by atoms with Crippen LogP contribution in [0.15, 0.2) is 102 Å². The van der Waals surface area contributed by atoms with E-state index in [4.69, 9.17) is 4.74 Å². The van der Waals surface area contributed by atoms with Gasteiger partial charge in [-0.25, -0.2) is 17.2 Å². The molecule has 45 heavy (non-hydrogen) atoms. The van der Waals surface area contributed by atoms with Crippen LogP contribution in [0, 0.1) is 17.0 Å². The molecule has 1 amide bonds. The molecule has 2 N–H and O–H groups in total. The fourth-order valence-electron chi connectivity index (χ4n) is 6.08. The van der Waals surface area contributed by atoms with Crippen LogP contribution in [0.1, 0.15) is 43.0 Å². The van der Waals surface area contributed by atoms with Crippen LogP contribution in [-0.2, 0) is 27.7 Å². The van der Waals surface area contributed by atoms with Gasteiger partial charge in [-0.05, 0) is 59.4 Å². The van der Waals surface area contributed by atoms with Crippen molar-refractivity contribution < 1.29 is 31.8 Å². The van der Waals surface area contributed by atoms with E-state index in [9.17, 15) is 22.7 Å². The van der Waals surface area contributed by atoms with Gasteiger partial charge in [-0.1, -0.05) is 62.4 Å². The molecule has 0 spiro atoms. The molecule has 0 fully saturated rings. The molecule has 2 aliphatic rings. The van der Waals surface area contributed by atoms with Gasteiger partial charge in [0.2, 0.25) is 5.91 Å². The third-order valence-corrected chi connectivity index (χ3v) is 10.3. The van der Waals surface area contributed by atoms with Crippen molar-refractivity contribution in [3.63, 3.8) is 0 Å². The zero-order valence-electron chi connectivity index (χ0n) is 24.8. The Hall–Kier alpha value is -4.70. The number of rotatable bonds is 6. The van der Waals surface area contributed by atoms with E-state index in [2.05, 4.69) is 5.32 Å². The van der Waals surface area contributed by atoms with Crippen LogP contribution in [0.4, 0.5) is 20.2 Å². The SMILES string of the molecule is CC1(C)CC2=C(C(c3ccc(OCc4ccccc4)cc3F)N(C(=O)Cc3ccc(F)cc3)c3cccc(O)c3N2)S(=O)(=O)C1. The normalized spacial score (nSPS) is 18.3. The van der Waals surface area contributed by atoms with E-state index in [-0.39, 0.29) is 64.2 Å². The van der Waals surface area contributed by atoms with Crippen LogP contribution in [0.3, 0.4) is 0 Å². The van der Waals surface area contributed by atoms with Crippen LogP contribution < -0.4 is 15.0 Å². The minimum absolute atomic E-state index is 0.0525. The smallest absolute Gasteiger partial charge is 0.232 e. The molecule has 0 bridgehead atoms. The largest absolute Gasteiger partial charge is 0.506 e. The topological polar surface area (TPSA) is 95.9 Å². The molecular formula is C35H32F2N2O5S. The fourth-order valence-corrected chi connectivity index (χ4v) is 8.44. The minimum Gasteiger partial charge on any atom is -0.506 e. The van der Waals surface area contributed by atoms with Gasteiger partial charge in [-0.3, -0.25) is 9.69 Å². The average Bonchev–Trinajstić information content (AvgIpc) is 3.12. The third-order valence-electron chi connectivity index (χ3n) is 7.98. The first-order chi connectivity index (χ1) is 21.4. The van der Waals surface area contributed by atoms with Gasteiger partial charge >= 0.3 is 0 Å². The van der Waals surface area contributed by atoms with Gasteiger partial charge in [0.25, 0.3) is 0 Å². The van der Waals surface area contributed by atoms with Gasteiger partial charge in [0.15, 0.2) is 9.84 Å². The highest BCUT2D eigenvalue weighted by molar-refractivity contribution is 7.95. The first-order valence-electron chi connectivity index (χ1n) is 14.5. The van der Waals surface area contributed by atoms with E-state index in [0.29, 0.717) is 5.56 Å². The lowest BCUT2D eigenvalue weighted by molar-refractivity contribution is -0.118. The fraction of sp³-hybridized carbons (Fsp3) is 0.229. The molecule has 2 aliphatic heterocycles. The number of phenolic OH excluding ortho intramolecular Hbond substituents is 1. The number of nitrogens with one attached hydrogen (secondary N) is 1. The van der Waals surface area contributed by atoms with Crippen molar-refractivity contribution in [3.8, 4) is 11.5 Å². The minimum atomic E-state index is -4.07. The van der Waals surface area contributed by atoms with Crippen molar-refractivity contribution in [2.24, 2.45) is 5.41 Å². The highest BCUT2D eigenvalue weighted by Crippen LogP contribution is 2.51. The zero-order chi connectivity index (χ0) is 31.9. The third kappa shape index (κ3) is 6.15. The number of fused-ring (bicyclic) bond motifs is 1. The van der Waals surface area contributed by atoms with Crippen molar-refractivity contribution in [3.05, 3.63) is 130 Å². The molecule has 4 aromatic rings. The summed E-state index contributed by atoms with van der Waals surface area (Å²) in [6.45, 7) is 3.83. The van der Waals surface area contributed by atoms with Crippen LogP contribution in [0.2, 0.25) is 0 Å². The van der Waals surface area contributed by atoms with Crippen molar-refractivity contribution in [1.29, 1.82) is 0 Å². The molecule has 0 saturated carbocycles. The van der Waals surface area contributed by atoms with Crippen LogP contribution in [0.25, 0.3) is 0 Å². The van der Waals surface area contributed by atoms with Crippen molar-refractivity contribution in [2.45, 2.75) is 39.3 Å². The lowest BCUT2D eigenvalue weighted by Gasteiger charge is -2.37. The number of hydrogen-bond acceptors (Lipinski definition) is 6. The highest BCUT2D eigenvalue weighted by Gasteiger charge is 2.47. The number of ether oxygens (including phenoxy) is 1. The molecule has 10 heteroatoms.